The molecule has 1 saturated carbocycles. The molecule has 2 fully saturated rings. The van der Waals surface area contributed by atoms with E-state index in [9.17, 15) is 14.4 Å². The number of primary amides is 1. The van der Waals surface area contributed by atoms with Crippen molar-refractivity contribution in [2.45, 2.75) is 31.1 Å². The summed E-state index contributed by atoms with van der Waals surface area (Å²) in [6.07, 6.45) is 1.86. The van der Waals surface area contributed by atoms with E-state index in [1.807, 2.05) is 0 Å². The number of ether oxygens (including phenoxy) is 1. The standard InChI is InChI=1S/C13H21BN3O5/c1-21-13(20)8-5-7(8)10(14-22-6-15)12(19)17-4-2-3-9(17)11(16)18/h7-10H,2-6,15H2,1H3,(H2,16,18). The lowest BCUT2D eigenvalue weighted by Crippen LogP contribution is -2.46. The highest BCUT2D eigenvalue weighted by Crippen LogP contribution is 2.48. The van der Waals surface area contributed by atoms with Crippen LogP contribution >= 0.6 is 0 Å². The van der Waals surface area contributed by atoms with Gasteiger partial charge in [0.2, 0.25) is 11.8 Å². The molecular weight excluding hydrogens is 289 g/mol. The van der Waals surface area contributed by atoms with Crippen LogP contribution in [0.15, 0.2) is 0 Å². The monoisotopic (exact) mass is 310 g/mol. The first-order chi connectivity index (χ1) is 10.5. The highest BCUT2D eigenvalue weighted by molar-refractivity contribution is 6.38. The van der Waals surface area contributed by atoms with Crippen LogP contribution in [0, 0.1) is 11.8 Å². The Kier molecular flexibility index (Phi) is 5.41. The molecule has 2 aliphatic rings. The molecule has 1 aliphatic heterocycles. The Balaban J connectivity index is 2.07. The third kappa shape index (κ3) is 3.41. The van der Waals surface area contributed by atoms with Gasteiger partial charge in [-0.1, -0.05) is 0 Å². The number of hydrogen-bond acceptors (Lipinski definition) is 6. The highest BCUT2D eigenvalue weighted by Gasteiger charge is 2.53. The Labute approximate surface area is 129 Å². The zero-order chi connectivity index (χ0) is 16.3. The van der Waals surface area contributed by atoms with Gasteiger partial charge in [-0.05, 0) is 25.2 Å². The van der Waals surface area contributed by atoms with Gasteiger partial charge in [-0.15, -0.1) is 0 Å². The molecule has 1 heterocycles. The van der Waals surface area contributed by atoms with Gasteiger partial charge in [-0.2, -0.15) is 0 Å². The molecule has 2 rings (SSSR count). The average molecular weight is 310 g/mol. The van der Waals surface area contributed by atoms with Crippen LogP contribution in [0.3, 0.4) is 0 Å². The molecule has 1 saturated heterocycles. The smallest absolute Gasteiger partial charge is 0.308 e. The van der Waals surface area contributed by atoms with Crippen LogP contribution < -0.4 is 11.5 Å². The minimum absolute atomic E-state index is 0.0569. The number of rotatable bonds is 7. The summed E-state index contributed by atoms with van der Waals surface area (Å²) in [6, 6.07) is -0.586. The third-order valence-electron chi connectivity index (χ3n) is 4.29. The Morgan fingerprint density at radius 2 is 2.14 bits per heavy atom. The van der Waals surface area contributed by atoms with Gasteiger partial charge in [0, 0.05) is 12.4 Å². The van der Waals surface area contributed by atoms with Crippen molar-refractivity contribution in [2.75, 3.05) is 20.4 Å². The Morgan fingerprint density at radius 3 is 2.73 bits per heavy atom. The van der Waals surface area contributed by atoms with Gasteiger partial charge >= 0.3 is 13.5 Å². The van der Waals surface area contributed by atoms with E-state index < -0.39 is 17.8 Å². The van der Waals surface area contributed by atoms with E-state index in [0.717, 1.165) is 6.42 Å². The number of esters is 1. The zero-order valence-electron chi connectivity index (χ0n) is 12.6. The predicted octanol–water partition coefficient (Wildman–Crippen LogP) is -1.39. The summed E-state index contributed by atoms with van der Waals surface area (Å²) in [7, 11) is 2.69. The van der Waals surface area contributed by atoms with Crippen LogP contribution in [0.1, 0.15) is 19.3 Å². The summed E-state index contributed by atoms with van der Waals surface area (Å²) < 4.78 is 9.78. The zero-order valence-corrected chi connectivity index (χ0v) is 12.6. The number of amides is 2. The van der Waals surface area contributed by atoms with Crippen LogP contribution in [0.4, 0.5) is 0 Å². The molecule has 0 aromatic rings. The largest absolute Gasteiger partial charge is 0.469 e. The third-order valence-corrected chi connectivity index (χ3v) is 4.29. The van der Waals surface area contributed by atoms with E-state index in [1.165, 1.54) is 19.5 Å². The Bertz CT molecular complexity index is 461. The van der Waals surface area contributed by atoms with E-state index >= 15 is 0 Å². The summed E-state index contributed by atoms with van der Waals surface area (Å²) in [5.41, 5.74) is 10.6. The fraction of sp³-hybridized carbons (Fsp3) is 0.769. The Morgan fingerprint density at radius 1 is 1.41 bits per heavy atom. The molecule has 0 spiro atoms. The highest BCUT2D eigenvalue weighted by atomic mass is 16.5. The second-order valence-corrected chi connectivity index (χ2v) is 5.62. The number of carbonyl (C=O) groups excluding carboxylic acids is 3. The van der Waals surface area contributed by atoms with Crippen molar-refractivity contribution in [3.05, 3.63) is 0 Å². The van der Waals surface area contributed by atoms with Gasteiger partial charge in [0.05, 0.1) is 19.8 Å². The van der Waals surface area contributed by atoms with Gasteiger partial charge in [-0.25, -0.2) is 0 Å². The molecule has 4 unspecified atom stereocenters. The second-order valence-electron chi connectivity index (χ2n) is 5.62. The first-order valence-electron chi connectivity index (χ1n) is 7.33. The molecule has 0 aromatic carbocycles. The maximum atomic E-state index is 12.7. The van der Waals surface area contributed by atoms with E-state index in [4.69, 9.17) is 20.9 Å². The van der Waals surface area contributed by atoms with Gasteiger partial charge in [-0.3, -0.25) is 14.4 Å². The minimum atomic E-state index is -0.618. The maximum Gasteiger partial charge on any atom is 0.308 e. The van der Waals surface area contributed by atoms with E-state index in [2.05, 4.69) is 0 Å². The number of nitrogens with zero attached hydrogens (tertiary/aromatic N) is 1. The molecule has 9 heteroatoms. The SMILES string of the molecule is COC(=O)C1CC1C([B]OCN)C(=O)N1CCCC1C(N)=O. The summed E-state index contributed by atoms with van der Waals surface area (Å²) in [5.74, 6) is -2.20. The van der Waals surface area contributed by atoms with Crippen LogP contribution in [0.25, 0.3) is 0 Å². The molecule has 1 aliphatic carbocycles. The average Bonchev–Trinajstić information content (AvgIpc) is 3.12. The fourth-order valence-corrected chi connectivity index (χ4v) is 3.05. The van der Waals surface area contributed by atoms with E-state index in [1.54, 1.807) is 0 Å². The fourth-order valence-electron chi connectivity index (χ4n) is 3.05. The van der Waals surface area contributed by atoms with Crippen LogP contribution in [0.2, 0.25) is 5.82 Å². The van der Waals surface area contributed by atoms with Crippen molar-refractivity contribution in [3.63, 3.8) is 0 Å². The van der Waals surface area contributed by atoms with Crippen molar-refractivity contribution >= 4 is 25.3 Å². The molecule has 0 aromatic heterocycles. The first-order valence-corrected chi connectivity index (χ1v) is 7.33. The summed E-state index contributed by atoms with van der Waals surface area (Å²) in [5, 5.41) is 0. The number of nitrogens with two attached hydrogens (primary N) is 2. The van der Waals surface area contributed by atoms with E-state index in [0.29, 0.717) is 19.4 Å². The molecule has 4 atom stereocenters. The lowest BCUT2D eigenvalue weighted by molar-refractivity contribution is -0.143. The molecule has 1 radical (unpaired) electrons. The predicted molar refractivity (Wildman–Crippen MR) is 77.2 cm³/mol. The van der Waals surface area contributed by atoms with Gasteiger partial charge in [0.15, 0.2) is 0 Å². The summed E-state index contributed by atoms with van der Waals surface area (Å²) >= 11 is 0. The molecule has 8 nitrogen and oxygen atoms in total. The lowest BCUT2D eigenvalue weighted by Gasteiger charge is -2.26. The van der Waals surface area contributed by atoms with Crippen LogP contribution in [0.5, 0.6) is 0 Å². The minimum Gasteiger partial charge on any atom is -0.469 e. The summed E-state index contributed by atoms with van der Waals surface area (Å²) in [6.45, 7) is 0.424. The number of hydrogen-bond donors (Lipinski definition) is 2. The summed E-state index contributed by atoms with van der Waals surface area (Å²) in [4.78, 5) is 37.2. The molecule has 4 N–H and O–H groups in total. The lowest BCUT2D eigenvalue weighted by atomic mass is 9.74. The Hall–Kier alpha value is -1.61. The van der Waals surface area contributed by atoms with Crippen molar-refractivity contribution in [1.82, 2.24) is 4.90 Å². The number of likely N-dealkylation sites (tertiary alicyclic amines) is 1. The van der Waals surface area contributed by atoms with Crippen LogP contribution in [-0.4, -0.2) is 56.6 Å². The molecule has 2 amide bonds. The maximum absolute atomic E-state index is 12.7. The van der Waals surface area contributed by atoms with Gasteiger partial charge in [0.1, 0.15) is 6.04 Å². The molecule has 22 heavy (non-hydrogen) atoms. The van der Waals surface area contributed by atoms with Crippen molar-refractivity contribution in [1.29, 1.82) is 0 Å². The van der Waals surface area contributed by atoms with Crippen LogP contribution in [-0.2, 0) is 23.8 Å². The van der Waals surface area contributed by atoms with Crippen molar-refractivity contribution in [3.8, 4) is 0 Å². The number of carbonyl (C=O) groups is 3. The molecule has 121 valence electrons. The molecular formula is C13H21BN3O5. The normalized spacial score (nSPS) is 28.1. The topological polar surface area (TPSA) is 125 Å². The van der Waals surface area contributed by atoms with E-state index in [-0.39, 0.29) is 30.4 Å². The number of methoxy groups -OCH3 is 1. The second kappa shape index (κ2) is 7.10. The van der Waals surface area contributed by atoms with Crippen molar-refractivity contribution in [2.24, 2.45) is 23.3 Å². The molecule has 0 bridgehead atoms. The quantitative estimate of drug-likeness (QED) is 0.339. The van der Waals surface area contributed by atoms with Gasteiger partial charge < -0.3 is 25.8 Å². The van der Waals surface area contributed by atoms with Gasteiger partial charge in [0.25, 0.3) is 0 Å². The first kappa shape index (κ1) is 16.8. The van der Waals surface area contributed by atoms with Crippen molar-refractivity contribution < 1.29 is 23.8 Å².